The highest BCUT2D eigenvalue weighted by atomic mass is 16.6. The van der Waals surface area contributed by atoms with Gasteiger partial charge in [-0.05, 0) is 31.1 Å². The maximum absolute atomic E-state index is 12.8. The third-order valence-electron chi connectivity index (χ3n) is 11.8. The second kappa shape index (κ2) is 44.0. The van der Waals surface area contributed by atoms with Crippen LogP contribution in [0.2, 0.25) is 0 Å². The highest BCUT2D eigenvalue weighted by Gasteiger charge is 2.19. The molecule has 1 unspecified atom stereocenters. The average molecular weight is 807 g/mol. The van der Waals surface area contributed by atoms with Gasteiger partial charge < -0.3 is 14.2 Å². The van der Waals surface area contributed by atoms with E-state index in [1.54, 1.807) is 0 Å². The van der Waals surface area contributed by atoms with Crippen molar-refractivity contribution < 1.29 is 28.6 Å². The van der Waals surface area contributed by atoms with Crippen LogP contribution in [0.1, 0.15) is 279 Å². The van der Waals surface area contributed by atoms with E-state index in [9.17, 15) is 14.4 Å². The quantitative estimate of drug-likeness (QED) is 0.0346. The van der Waals surface area contributed by atoms with Crippen LogP contribution in [0.25, 0.3) is 0 Å². The fourth-order valence-electron chi connectivity index (χ4n) is 7.60. The van der Waals surface area contributed by atoms with Gasteiger partial charge in [0.15, 0.2) is 6.10 Å². The van der Waals surface area contributed by atoms with Crippen molar-refractivity contribution in [1.82, 2.24) is 0 Å². The van der Waals surface area contributed by atoms with Gasteiger partial charge in [-0.15, -0.1) is 0 Å². The molecule has 0 bridgehead atoms. The van der Waals surface area contributed by atoms with Crippen LogP contribution in [0.4, 0.5) is 0 Å². The molecule has 0 saturated heterocycles. The maximum atomic E-state index is 12.8. The average Bonchev–Trinajstić information content (AvgIpc) is 3.19. The van der Waals surface area contributed by atoms with Crippen molar-refractivity contribution in [2.24, 2.45) is 11.8 Å². The number of hydrogen-bond donors (Lipinski definition) is 0. The van der Waals surface area contributed by atoms with Crippen LogP contribution in [0, 0.1) is 11.8 Å². The zero-order chi connectivity index (χ0) is 41.9. The Morgan fingerprint density at radius 2 is 0.667 bits per heavy atom. The highest BCUT2D eigenvalue weighted by molar-refractivity contribution is 5.71. The van der Waals surface area contributed by atoms with Crippen LogP contribution in [-0.4, -0.2) is 37.2 Å². The summed E-state index contributed by atoms with van der Waals surface area (Å²) in [5, 5.41) is 0. The molecular formula is C51H98O6. The molecule has 338 valence electrons. The van der Waals surface area contributed by atoms with Gasteiger partial charge in [-0.3, -0.25) is 14.4 Å². The molecule has 0 aromatic heterocycles. The SMILES string of the molecule is CCCCCCCCCCCCCCCCC(=O)O[C@H](COC(=O)CCCCCCCCCCCCC(C)CC)COC(=O)CCCCCCCCCCC(C)C. The summed E-state index contributed by atoms with van der Waals surface area (Å²) in [4.78, 5) is 37.9. The van der Waals surface area contributed by atoms with Gasteiger partial charge in [0.25, 0.3) is 0 Å². The molecule has 0 spiro atoms. The third-order valence-corrected chi connectivity index (χ3v) is 11.8. The summed E-state index contributed by atoms with van der Waals surface area (Å²) >= 11 is 0. The summed E-state index contributed by atoms with van der Waals surface area (Å²) in [6.45, 7) is 11.4. The molecule has 0 N–H and O–H groups in total. The Morgan fingerprint density at radius 1 is 0.368 bits per heavy atom. The summed E-state index contributed by atoms with van der Waals surface area (Å²) in [7, 11) is 0. The zero-order valence-electron chi connectivity index (χ0n) is 39.0. The lowest BCUT2D eigenvalue weighted by atomic mass is 9.99. The Hall–Kier alpha value is -1.59. The normalized spacial score (nSPS) is 12.5. The second-order valence-electron chi connectivity index (χ2n) is 18.2. The van der Waals surface area contributed by atoms with Crippen molar-refractivity contribution in [3.8, 4) is 0 Å². The summed E-state index contributed by atoms with van der Waals surface area (Å²) in [6.07, 6.45) is 43.7. The van der Waals surface area contributed by atoms with Crippen molar-refractivity contribution in [3.05, 3.63) is 0 Å². The molecule has 2 atom stereocenters. The number of carbonyl (C=O) groups excluding carboxylic acids is 3. The minimum Gasteiger partial charge on any atom is -0.462 e. The largest absolute Gasteiger partial charge is 0.462 e. The van der Waals surface area contributed by atoms with Gasteiger partial charge in [-0.1, -0.05) is 240 Å². The number of esters is 3. The molecule has 0 saturated carbocycles. The number of carbonyl (C=O) groups is 3. The van der Waals surface area contributed by atoms with Gasteiger partial charge in [0, 0.05) is 19.3 Å². The standard InChI is InChI=1S/C51H98O6/c1-6-8-9-10-11-12-13-14-15-16-21-28-33-38-43-51(54)57-48(45-56-50(53)42-37-32-27-23-22-24-29-34-39-46(3)4)44-55-49(52)41-36-31-26-20-18-17-19-25-30-35-40-47(5)7-2/h46-48H,6-45H2,1-5H3/t47?,48-/m1/s1. The minimum absolute atomic E-state index is 0.0644. The molecule has 0 amide bonds. The topological polar surface area (TPSA) is 78.9 Å². The number of unbranched alkanes of at least 4 members (excludes halogenated alkanes) is 29. The summed E-state index contributed by atoms with van der Waals surface area (Å²) in [6, 6.07) is 0. The predicted octanol–water partition coefficient (Wildman–Crippen LogP) is 16.1. The molecule has 6 nitrogen and oxygen atoms in total. The van der Waals surface area contributed by atoms with E-state index in [0.29, 0.717) is 19.3 Å². The molecule has 0 aromatic carbocycles. The van der Waals surface area contributed by atoms with E-state index < -0.39 is 6.10 Å². The fourth-order valence-corrected chi connectivity index (χ4v) is 7.60. The lowest BCUT2D eigenvalue weighted by Gasteiger charge is -2.18. The number of hydrogen-bond acceptors (Lipinski definition) is 6. The van der Waals surface area contributed by atoms with E-state index in [1.165, 1.54) is 167 Å². The first-order valence-electron chi connectivity index (χ1n) is 25.3. The number of ether oxygens (including phenoxy) is 3. The lowest BCUT2D eigenvalue weighted by Crippen LogP contribution is -2.30. The molecule has 0 aromatic rings. The molecule has 0 aliphatic carbocycles. The Bertz CT molecular complexity index is 872. The van der Waals surface area contributed by atoms with Crippen molar-refractivity contribution >= 4 is 17.9 Å². The van der Waals surface area contributed by atoms with E-state index >= 15 is 0 Å². The van der Waals surface area contributed by atoms with E-state index in [2.05, 4.69) is 34.6 Å². The van der Waals surface area contributed by atoms with Crippen LogP contribution < -0.4 is 0 Å². The first kappa shape index (κ1) is 55.4. The van der Waals surface area contributed by atoms with Crippen molar-refractivity contribution in [3.63, 3.8) is 0 Å². The molecule has 0 rings (SSSR count). The van der Waals surface area contributed by atoms with E-state index in [0.717, 1.165) is 69.6 Å². The second-order valence-corrected chi connectivity index (χ2v) is 18.2. The Morgan fingerprint density at radius 3 is 1.00 bits per heavy atom. The van der Waals surface area contributed by atoms with Gasteiger partial charge in [0.05, 0.1) is 0 Å². The van der Waals surface area contributed by atoms with E-state index in [1.807, 2.05) is 0 Å². The molecule has 0 aliphatic heterocycles. The van der Waals surface area contributed by atoms with Crippen molar-refractivity contribution in [2.75, 3.05) is 13.2 Å². The first-order chi connectivity index (χ1) is 27.8. The zero-order valence-corrected chi connectivity index (χ0v) is 39.0. The maximum Gasteiger partial charge on any atom is 0.306 e. The van der Waals surface area contributed by atoms with Gasteiger partial charge in [-0.25, -0.2) is 0 Å². The van der Waals surface area contributed by atoms with Crippen LogP contribution in [-0.2, 0) is 28.6 Å². The van der Waals surface area contributed by atoms with Gasteiger partial charge in [-0.2, -0.15) is 0 Å². The van der Waals surface area contributed by atoms with Crippen LogP contribution >= 0.6 is 0 Å². The van der Waals surface area contributed by atoms with Crippen LogP contribution in [0.3, 0.4) is 0 Å². The Balaban J connectivity index is 4.33. The Labute approximate surface area is 355 Å². The van der Waals surface area contributed by atoms with Crippen LogP contribution in [0.15, 0.2) is 0 Å². The minimum atomic E-state index is -0.761. The third kappa shape index (κ3) is 43.8. The molecule has 0 radical (unpaired) electrons. The molecule has 6 heteroatoms. The summed E-state index contributed by atoms with van der Waals surface area (Å²) < 4.78 is 16.8. The van der Waals surface area contributed by atoms with Gasteiger partial charge in [0.1, 0.15) is 13.2 Å². The molecular weight excluding hydrogens is 709 g/mol. The lowest BCUT2D eigenvalue weighted by molar-refractivity contribution is -0.167. The van der Waals surface area contributed by atoms with Crippen molar-refractivity contribution in [1.29, 1.82) is 0 Å². The first-order valence-corrected chi connectivity index (χ1v) is 25.3. The monoisotopic (exact) mass is 807 g/mol. The predicted molar refractivity (Wildman–Crippen MR) is 243 cm³/mol. The highest BCUT2D eigenvalue weighted by Crippen LogP contribution is 2.18. The van der Waals surface area contributed by atoms with Crippen LogP contribution in [0.5, 0.6) is 0 Å². The summed E-state index contributed by atoms with van der Waals surface area (Å²) in [5.41, 5.74) is 0. The molecule has 0 heterocycles. The smallest absolute Gasteiger partial charge is 0.306 e. The van der Waals surface area contributed by atoms with Gasteiger partial charge in [0.2, 0.25) is 0 Å². The summed E-state index contributed by atoms with van der Waals surface area (Å²) in [5.74, 6) is 0.815. The Kier molecular flexibility index (Phi) is 42.7. The van der Waals surface area contributed by atoms with E-state index in [4.69, 9.17) is 14.2 Å². The molecule has 0 fully saturated rings. The van der Waals surface area contributed by atoms with E-state index in [-0.39, 0.29) is 31.1 Å². The fraction of sp³-hybridized carbons (Fsp3) is 0.941. The molecule has 0 aliphatic rings. The van der Waals surface area contributed by atoms with Crippen molar-refractivity contribution in [2.45, 2.75) is 285 Å². The number of rotatable bonds is 45. The van der Waals surface area contributed by atoms with Gasteiger partial charge >= 0.3 is 17.9 Å². The molecule has 57 heavy (non-hydrogen) atoms.